The van der Waals surface area contributed by atoms with E-state index < -0.39 is 5.82 Å². The Morgan fingerprint density at radius 3 is 2.74 bits per heavy atom. The van der Waals surface area contributed by atoms with E-state index in [1.807, 2.05) is 0 Å². The molecule has 2 aromatic rings. The highest BCUT2D eigenvalue weighted by Gasteiger charge is 2.34. The van der Waals surface area contributed by atoms with E-state index in [2.05, 4.69) is 5.10 Å². The number of aryl methyl sites for hydroxylation is 1. The summed E-state index contributed by atoms with van der Waals surface area (Å²) in [5, 5.41) is 4.27. The Morgan fingerprint density at radius 2 is 2.13 bits per heavy atom. The van der Waals surface area contributed by atoms with Crippen molar-refractivity contribution >= 4 is 17.5 Å². The van der Waals surface area contributed by atoms with E-state index in [-0.39, 0.29) is 34.8 Å². The molecular formula is C16H15ClFN3O2. The number of hydrogen-bond acceptors (Lipinski definition) is 3. The highest BCUT2D eigenvalue weighted by molar-refractivity contribution is 6.31. The SMILES string of the molecule is Cn1nc(C(=O)N(Cc2c(F)cccc2Cl)C2CC2)ccc1=O. The van der Waals surface area contributed by atoms with Crippen molar-refractivity contribution < 1.29 is 9.18 Å². The van der Waals surface area contributed by atoms with Crippen LogP contribution >= 0.6 is 11.6 Å². The first-order valence-corrected chi connectivity index (χ1v) is 7.63. The fourth-order valence-corrected chi connectivity index (χ4v) is 2.59. The molecule has 1 amide bonds. The first kappa shape index (κ1) is 15.7. The van der Waals surface area contributed by atoms with Crippen LogP contribution in [0.2, 0.25) is 5.02 Å². The lowest BCUT2D eigenvalue weighted by molar-refractivity contribution is 0.0719. The first-order valence-electron chi connectivity index (χ1n) is 7.25. The van der Waals surface area contributed by atoms with Gasteiger partial charge in [0, 0.05) is 29.7 Å². The largest absolute Gasteiger partial charge is 0.330 e. The molecule has 0 saturated heterocycles. The Labute approximate surface area is 137 Å². The summed E-state index contributed by atoms with van der Waals surface area (Å²) in [7, 11) is 1.48. The molecule has 1 aliphatic rings. The van der Waals surface area contributed by atoms with E-state index in [4.69, 9.17) is 11.6 Å². The number of carbonyl (C=O) groups excluding carboxylic acids is 1. The van der Waals surface area contributed by atoms with E-state index in [0.717, 1.165) is 17.5 Å². The van der Waals surface area contributed by atoms with Gasteiger partial charge in [-0.2, -0.15) is 5.10 Å². The van der Waals surface area contributed by atoms with Crippen LogP contribution in [0.4, 0.5) is 4.39 Å². The highest BCUT2D eigenvalue weighted by Crippen LogP contribution is 2.31. The Morgan fingerprint density at radius 1 is 1.39 bits per heavy atom. The minimum atomic E-state index is -0.440. The van der Waals surface area contributed by atoms with Crippen molar-refractivity contribution in [1.29, 1.82) is 0 Å². The zero-order valence-corrected chi connectivity index (χ0v) is 13.3. The van der Waals surface area contributed by atoms with Gasteiger partial charge in [0.25, 0.3) is 11.5 Å². The number of nitrogens with zero attached hydrogens (tertiary/aromatic N) is 3. The topological polar surface area (TPSA) is 55.2 Å². The molecule has 0 N–H and O–H groups in total. The van der Waals surface area contributed by atoms with E-state index >= 15 is 0 Å². The lowest BCUT2D eigenvalue weighted by Gasteiger charge is -2.23. The maximum Gasteiger partial charge on any atom is 0.274 e. The van der Waals surface area contributed by atoms with Crippen LogP contribution < -0.4 is 5.56 Å². The minimum Gasteiger partial charge on any atom is -0.330 e. The van der Waals surface area contributed by atoms with Crippen LogP contribution in [0.15, 0.2) is 35.1 Å². The van der Waals surface area contributed by atoms with Crippen LogP contribution in [0.5, 0.6) is 0 Å². The standard InChI is InChI=1S/C16H15ClFN3O2/c1-20-15(22)8-7-14(19-20)16(23)21(10-5-6-10)9-11-12(17)3-2-4-13(11)18/h2-4,7-8,10H,5-6,9H2,1H3. The van der Waals surface area contributed by atoms with Crippen molar-refractivity contribution in [3.8, 4) is 0 Å². The summed E-state index contributed by atoms with van der Waals surface area (Å²) in [6, 6.07) is 7.18. The molecular weight excluding hydrogens is 321 g/mol. The van der Waals surface area contributed by atoms with Crippen molar-refractivity contribution in [1.82, 2.24) is 14.7 Å². The van der Waals surface area contributed by atoms with Crippen LogP contribution in [0.25, 0.3) is 0 Å². The molecule has 0 bridgehead atoms. The summed E-state index contributed by atoms with van der Waals surface area (Å²) in [6.45, 7) is 0.0829. The van der Waals surface area contributed by atoms with Crippen LogP contribution in [-0.4, -0.2) is 26.6 Å². The number of halogens is 2. The second-order valence-electron chi connectivity index (χ2n) is 5.54. The molecule has 3 rings (SSSR count). The summed E-state index contributed by atoms with van der Waals surface area (Å²) in [5.41, 5.74) is 0.155. The van der Waals surface area contributed by atoms with Gasteiger partial charge in [-0.15, -0.1) is 0 Å². The van der Waals surface area contributed by atoms with Crippen molar-refractivity contribution in [2.75, 3.05) is 0 Å². The van der Waals surface area contributed by atoms with Crippen LogP contribution in [-0.2, 0) is 13.6 Å². The molecule has 5 nitrogen and oxygen atoms in total. The van der Waals surface area contributed by atoms with E-state index in [9.17, 15) is 14.0 Å². The third-order valence-corrected chi connectivity index (χ3v) is 4.17. The van der Waals surface area contributed by atoms with Gasteiger partial charge >= 0.3 is 0 Å². The van der Waals surface area contributed by atoms with Crippen molar-refractivity contribution in [3.63, 3.8) is 0 Å². The van der Waals surface area contributed by atoms with Gasteiger partial charge in [0.15, 0.2) is 0 Å². The number of carbonyl (C=O) groups is 1. The van der Waals surface area contributed by atoms with Gasteiger partial charge in [-0.05, 0) is 31.0 Å². The summed E-state index contributed by atoms with van der Waals surface area (Å²) < 4.78 is 15.1. The number of benzene rings is 1. The third-order valence-electron chi connectivity index (χ3n) is 3.82. The molecule has 1 fully saturated rings. The summed E-state index contributed by atoms with van der Waals surface area (Å²) >= 11 is 6.06. The number of amides is 1. The predicted molar refractivity (Wildman–Crippen MR) is 83.8 cm³/mol. The number of hydrogen-bond donors (Lipinski definition) is 0. The first-order chi connectivity index (χ1) is 11.0. The van der Waals surface area contributed by atoms with Gasteiger partial charge in [0.1, 0.15) is 11.5 Å². The minimum absolute atomic E-state index is 0.0530. The second kappa shape index (κ2) is 6.12. The quantitative estimate of drug-likeness (QED) is 0.862. The molecule has 23 heavy (non-hydrogen) atoms. The van der Waals surface area contributed by atoms with Crippen LogP contribution in [0.3, 0.4) is 0 Å². The van der Waals surface area contributed by atoms with Crippen LogP contribution in [0, 0.1) is 5.82 Å². The van der Waals surface area contributed by atoms with Crippen molar-refractivity contribution in [2.24, 2.45) is 7.05 Å². The number of aromatic nitrogens is 2. The fraction of sp³-hybridized carbons (Fsp3) is 0.312. The summed E-state index contributed by atoms with van der Waals surface area (Å²) in [5.74, 6) is -0.771. The molecule has 120 valence electrons. The van der Waals surface area contributed by atoms with Crippen molar-refractivity contribution in [2.45, 2.75) is 25.4 Å². The average molecular weight is 336 g/mol. The molecule has 1 aromatic carbocycles. The maximum absolute atomic E-state index is 14.0. The van der Waals surface area contributed by atoms with Gasteiger partial charge in [-0.3, -0.25) is 9.59 Å². The summed E-state index contributed by atoms with van der Waals surface area (Å²) in [6.07, 6.45) is 1.73. The summed E-state index contributed by atoms with van der Waals surface area (Å²) in [4.78, 5) is 25.7. The Hall–Kier alpha value is -2.21. The van der Waals surface area contributed by atoms with E-state index in [1.54, 1.807) is 11.0 Å². The van der Waals surface area contributed by atoms with Gasteiger partial charge in [0.05, 0.1) is 6.54 Å². The average Bonchev–Trinajstić information content (AvgIpc) is 3.34. The smallest absolute Gasteiger partial charge is 0.274 e. The van der Waals surface area contributed by atoms with Gasteiger partial charge in [0.2, 0.25) is 0 Å². The molecule has 0 unspecified atom stereocenters. The normalized spacial score (nSPS) is 13.9. The molecule has 1 saturated carbocycles. The Kier molecular flexibility index (Phi) is 4.17. The molecule has 0 spiro atoms. The maximum atomic E-state index is 14.0. The van der Waals surface area contributed by atoms with E-state index in [0.29, 0.717) is 5.56 Å². The van der Waals surface area contributed by atoms with Crippen molar-refractivity contribution in [3.05, 3.63) is 62.8 Å². The molecule has 7 heteroatoms. The molecule has 1 aliphatic carbocycles. The Bertz CT molecular complexity index is 797. The molecule has 0 radical (unpaired) electrons. The van der Waals surface area contributed by atoms with Crippen LogP contribution in [0.1, 0.15) is 28.9 Å². The van der Waals surface area contributed by atoms with Gasteiger partial charge in [-0.25, -0.2) is 9.07 Å². The zero-order valence-electron chi connectivity index (χ0n) is 12.5. The van der Waals surface area contributed by atoms with Gasteiger partial charge < -0.3 is 4.90 Å². The Balaban J connectivity index is 1.91. The fourth-order valence-electron chi connectivity index (χ4n) is 2.37. The highest BCUT2D eigenvalue weighted by atomic mass is 35.5. The lowest BCUT2D eigenvalue weighted by atomic mass is 10.2. The second-order valence-corrected chi connectivity index (χ2v) is 5.95. The van der Waals surface area contributed by atoms with E-state index in [1.165, 1.54) is 31.3 Å². The molecule has 1 heterocycles. The molecule has 1 aromatic heterocycles. The third kappa shape index (κ3) is 3.27. The predicted octanol–water partition coefficient (Wildman–Crippen LogP) is 2.38. The lowest BCUT2D eigenvalue weighted by Crippen LogP contribution is -2.35. The monoisotopic (exact) mass is 335 g/mol. The van der Waals surface area contributed by atoms with Gasteiger partial charge in [-0.1, -0.05) is 17.7 Å². The molecule has 0 aliphatic heterocycles. The molecule has 0 atom stereocenters. The zero-order chi connectivity index (χ0) is 16.6. The number of rotatable bonds is 4.